The largest absolute Gasteiger partial charge is 0.481 e. The van der Waals surface area contributed by atoms with Gasteiger partial charge in [-0.2, -0.15) is 0 Å². The van der Waals surface area contributed by atoms with Crippen molar-refractivity contribution in [2.45, 2.75) is 31.3 Å². The van der Waals surface area contributed by atoms with E-state index in [0.29, 0.717) is 0 Å². The van der Waals surface area contributed by atoms with Gasteiger partial charge < -0.3 is 9.84 Å². The molecule has 1 spiro atoms. The van der Waals surface area contributed by atoms with Crippen LogP contribution in [0, 0.1) is 5.92 Å². The molecule has 1 saturated carbocycles. The number of carboxylic acid groups (broad SMARTS) is 1. The van der Waals surface area contributed by atoms with Gasteiger partial charge in [-0.25, -0.2) is 0 Å². The summed E-state index contributed by atoms with van der Waals surface area (Å²) in [5.74, 6) is -0.745. The minimum absolute atomic E-state index is 0.107. The highest BCUT2D eigenvalue weighted by Crippen LogP contribution is 2.43. The molecule has 1 heterocycles. The van der Waals surface area contributed by atoms with E-state index < -0.39 is 5.97 Å². The number of aliphatic carboxylic acids is 1. The van der Waals surface area contributed by atoms with E-state index in [0.717, 1.165) is 32.3 Å². The molecule has 0 radical (unpaired) electrons. The second-order valence-electron chi connectivity index (χ2n) is 3.58. The van der Waals surface area contributed by atoms with Gasteiger partial charge in [-0.3, -0.25) is 4.79 Å². The molecule has 11 heavy (non-hydrogen) atoms. The number of rotatable bonds is 1. The zero-order valence-corrected chi connectivity index (χ0v) is 6.38. The van der Waals surface area contributed by atoms with Crippen molar-refractivity contribution < 1.29 is 14.6 Å². The standard InChI is InChI=1S/C8H12O3/c9-7(10)6-1-3-8(4-2-6)5-11-8/h6H,1-5H2,(H,9,10). The summed E-state index contributed by atoms with van der Waals surface area (Å²) in [6.07, 6.45) is 3.50. The van der Waals surface area contributed by atoms with Crippen molar-refractivity contribution in [2.24, 2.45) is 5.92 Å². The van der Waals surface area contributed by atoms with Crippen molar-refractivity contribution in [3.8, 4) is 0 Å². The van der Waals surface area contributed by atoms with Crippen LogP contribution >= 0.6 is 0 Å². The number of ether oxygens (including phenoxy) is 1. The second kappa shape index (κ2) is 2.21. The predicted molar refractivity (Wildman–Crippen MR) is 38.3 cm³/mol. The van der Waals surface area contributed by atoms with E-state index in [-0.39, 0.29) is 11.5 Å². The van der Waals surface area contributed by atoms with E-state index in [9.17, 15) is 4.79 Å². The first-order valence-corrected chi connectivity index (χ1v) is 4.09. The number of epoxide rings is 1. The molecule has 2 fully saturated rings. The van der Waals surface area contributed by atoms with Crippen LogP contribution in [0.15, 0.2) is 0 Å². The van der Waals surface area contributed by atoms with Gasteiger partial charge in [0.05, 0.1) is 18.1 Å². The SMILES string of the molecule is O=C(O)C1CCC2(CC1)CO2. The Morgan fingerprint density at radius 1 is 1.45 bits per heavy atom. The summed E-state index contributed by atoms with van der Waals surface area (Å²) >= 11 is 0. The maximum atomic E-state index is 10.5. The van der Waals surface area contributed by atoms with Crippen molar-refractivity contribution in [1.29, 1.82) is 0 Å². The lowest BCUT2D eigenvalue weighted by atomic mass is 9.82. The van der Waals surface area contributed by atoms with Crippen molar-refractivity contribution >= 4 is 5.97 Å². The van der Waals surface area contributed by atoms with Crippen molar-refractivity contribution in [2.75, 3.05) is 6.61 Å². The van der Waals surface area contributed by atoms with Crippen LogP contribution in [0.4, 0.5) is 0 Å². The highest BCUT2D eigenvalue weighted by molar-refractivity contribution is 5.70. The molecule has 0 aromatic heterocycles. The van der Waals surface area contributed by atoms with Gasteiger partial charge >= 0.3 is 5.97 Å². The van der Waals surface area contributed by atoms with E-state index in [1.165, 1.54) is 0 Å². The van der Waals surface area contributed by atoms with Crippen LogP contribution < -0.4 is 0 Å². The molecule has 0 aromatic rings. The van der Waals surface area contributed by atoms with Gasteiger partial charge in [-0.15, -0.1) is 0 Å². The van der Waals surface area contributed by atoms with Gasteiger partial charge in [-0.1, -0.05) is 0 Å². The van der Waals surface area contributed by atoms with Crippen LogP contribution in [0.3, 0.4) is 0 Å². The summed E-state index contributed by atoms with van der Waals surface area (Å²) in [5.41, 5.74) is 0.131. The number of hydrogen-bond acceptors (Lipinski definition) is 2. The average Bonchev–Trinajstić information content (AvgIpc) is 2.70. The van der Waals surface area contributed by atoms with Crippen LogP contribution in [0.2, 0.25) is 0 Å². The molecule has 1 N–H and O–H groups in total. The molecule has 1 aliphatic carbocycles. The van der Waals surface area contributed by atoms with Gasteiger partial charge in [0.1, 0.15) is 0 Å². The quantitative estimate of drug-likeness (QED) is 0.577. The minimum atomic E-state index is -0.638. The lowest BCUT2D eigenvalue weighted by Crippen LogP contribution is -2.26. The van der Waals surface area contributed by atoms with Gasteiger partial charge in [0.25, 0.3) is 0 Å². The van der Waals surface area contributed by atoms with Crippen LogP contribution in [0.25, 0.3) is 0 Å². The molecule has 3 heteroatoms. The van der Waals surface area contributed by atoms with Crippen molar-refractivity contribution in [1.82, 2.24) is 0 Å². The van der Waals surface area contributed by atoms with Gasteiger partial charge in [0.15, 0.2) is 0 Å². The number of hydrogen-bond donors (Lipinski definition) is 1. The monoisotopic (exact) mass is 156 g/mol. The second-order valence-corrected chi connectivity index (χ2v) is 3.58. The highest BCUT2D eigenvalue weighted by Gasteiger charge is 2.47. The topological polar surface area (TPSA) is 49.8 Å². The molecule has 0 bridgehead atoms. The molecule has 0 atom stereocenters. The van der Waals surface area contributed by atoms with E-state index in [4.69, 9.17) is 9.84 Å². The first kappa shape index (κ1) is 7.10. The Morgan fingerprint density at radius 3 is 2.36 bits per heavy atom. The summed E-state index contributed by atoms with van der Waals surface area (Å²) < 4.78 is 5.27. The Kier molecular flexibility index (Phi) is 1.42. The summed E-state index contributed by atoms with van der Waals surface area (Å²) in [7, 11) is 0. The van der Waals surface area contributed by atoms with Crippen LogP contribution in [-0.2, 0) is 9.53 Å². The third kappa shape index (κ3) is 1.25. The highest BCUT2D eigenvalue weighted by atomic mass is 16.6. The number of carboxylic acids is 1. The van der Waals surface area contributed by atoms with Crippen LogP contribution in [-0.4, -0.2) is 23.3 Å². The lowest BCUT2D eigenvalue weighted by molar-refractivity contribution is -0.143. The summed E-state index contributed by atoms with van der Waals surface area (Å²) in [6, 6.07) is 0. The molecule has 2 rings (SSSR count). The Bertz CT molecular complexity index is 174. The Morgan fingerprint density at radius 2 is 2.00 bits per heavy atom. The van der Waals surface area contributed by atoms with Crippen molar-refractivity contribution in [3.63, 3.8) is 0 Å². The van der Waals surface area contributed by atoms with E-state index in [1.54, 1.807) is 0 Å². The molecule has 2 aliphatic rings. The molecule has 1 aliphatic heterocycles. The molecular weight excluding hydrogens is 144 g/mol. The Hall–Kier alpha value is -0.570. The molecule has 0 unspecified atom stereocenters. The van der Waals surface area contributed by atoms with Crippen LogP contribution in [0.5, 0.6) is 0 Å². The first-order valence-electron chi connectivity index (χ1n) is 4.09. The Labute approximate surface area is 65.4 Å². The summed E-state index contributed by atoms with van der Waals surface area (Å²) in [6.45, 7) is 0.860. The fraction of sp³-hybridized carbons (Fsp3) is 0.875. The minimum Gasteiger partial charge on any atom is -0.481 e. The molecule has 62 valence electrons. The maximum absolute atomic E-state index is 10.5. The average molecular weight is 156 g/mol. The zero-order valence-electron chi connectivity index (χ0n) is 6.38. The van der Waals surface area contributed by atoms with Gasteiger partial charge in [0, 0.05) is 0 Å². The van der Waals surface area contributed by atoms with E-state index in [2.05, 4.69) is 0 Å². The summed E-state index contributed by atoms with van der Waals surface area (Å²) in [4.78, 5) is 10.5. The lowest BCUT2D eigenvalue weighted by Gasteiger charge is -2.22. The molecule has 0 amide bonds. The fourth-order valence-electron chi connectivity index (χ4n) is 1.78. The Balaban J connectivity index is 1.89. The maximum Gasteiger partial charge on any atom is 0.306 e. The number of carbonyl (C=O) groups is 1. The van der Waals surface area contributed by atoms with Gasteiger partial charge in [0.2, 0.25) is 0 Å². The van der Waals surface area contributed by atoms with Gasteiger partial charge in [-0.05, 0) is 25.7 Å². The zero-order chi connectivity index (χ0) is 7.90. The van der Waals surface area contributed by atoms with Crippen molar-refractivity contribution in [3.05, 3.63) is 0 Å². The normalized spacial score (nSPS) is 42.4. The summed E-state index contributed by atoms with van der Waals surface area (Å²) in [5, 5.41) is 8.69. The molecule has 0 aromatic carbocycles. The van der Waals surface area contributed by atoms with E-state index >= 15 is 0 Å². The van der Waals surface area contributed by atoms with E-state index in [1.807, 2.05) is 0 Å². The molecular formula is C8H12O3. The first-order chi connectivity index (χ1) is 5.22. The smallest absolute Gasteiger partial charge is 0.306 e. The third-order valence-corrected chi connectivity index (χ3v) is 2.80. The predicted octanol–water partition coefficient (Wildman–Crippen LogP) is 1.03. The van der Waals surface area contributed by atoms with Crippen LogP contribution in [0.1, 0.15) is 25.7 Å². The molecule has 1 saturated heterocycles. The third-order valence-electron chi connectivity index (χ3n) is 2.80. The fourth-order valence-corrected chi connectivity index (χ4v) is 1.78. The molecule has 3 nitrogen and oxygen atoms in total.